The number of aliphatic carboxylic acids is 1. The van der Waals surface area contributed by atoms with E-state index in [0.717, 1.165) is 5.75 Å². The molecule has 7 heteroatoms. The van der Waals surface area contributed by atoms with Gasteiger partial charge in [-0.25, -0.2) is 0 Å². The standard InChI is InChI=1S/C8H13N3O2S2/c9-6(7(12)13)5-11-2-1-10-8(11)15-4-3-14/h1,3,6,8H,2,4-5,9H2,(H,12,13). The van der Waals surface area contributed by atoms with Gasteiger partial charge in [-0.15, -0.1) is 11.8 Å². The molecule has 1 rings (SSSR count). The topological polar surface area (TPSA) is 78.9 Å². The van der Waals surface area contributed by atoms with E-state index >= 15 is 0 Å². The van der Waals surface area contributed by atoms with Crippen LogP contribution in [0.4, 0.5) is 0 Å². The number of thiocarbonyl (C=S) groups is 1. The molecular weight excluding hydrogens is 234 g/mol. The lowest BCUT2D eigenvalue weighted by Crippen LogP contribution is -2.44. The number of aliphatic imine (C=N–C) groups is 1. The van der Waals surface area contributed by atoms with E-state index in [1.807, 2.05) is 4.90 Å². The van der Waals surface area contributed by atoms with Gasteiger partial charge in [-0.3, -0.25) is 14.7 Å². The molecule has 0 saturated heterocycles. The lowest BCUT2D eigenvalue weighted by Gasteiger charge is -2.23. The molecule has 0 amide bonds. The Bertz CT molecular complexity index is 273. The minimum Gasteiger partial charge on any atom is -0.480 e. The van der Waals surface area contributed by atoms with E-state index in [2.05, 4.69) is 4.99 Å². The van der Waals surface area contributed by atoms with Crippen molar-refractivity contribution >= 4 is 41.5 Å². The van der Waals surface area contributed by atoms with Gasteiger partial charge in [0.05, 0.1) is 0 Å². The summed E-state index contributed by atoms with van der Waals surface area (Å²) in [7, 11) is 0. The van der Waals surface area contributed by atoms with Crippen LogP contribution in [0.15, 0.2) is 4.99 Å². The first-order valence-electron chi connectivity index (χ1n) is 4.44. The van der Waals surface area contributed by atoms with Gasteiger partial charge in [-0.1, -0.05) is 12.2 Å². The van der Waals surface area contributed by atoms with E-state index in [1.165, 1.54) is 0 Å². The van der Waals surface area contributed by atoms with Crippen LogP contribution in [0.3, 0.4) is 0 Å². The maximum atomic E-state index is 10.6. The van der Waals surface area contributed by atoms with Crippen LogP contribution in [0.1, 0.15) is 0 Å². The highest BCUT2D eigenvalue weighted by atomic mass is 32.2. The Kier molecular flexibility index (Phi) is 5.16. The van der Waals surface area contributed by atoms with Crippen LogP contribution in [-0.2, 0) is 4.79 Å². The van der Waals surface area contributed by atoms with Crippen molar-refractivity contribution in [1.82, 2.24) is 4.90 Å². The predicted molar refractivity (Wildman–Crippen MR) is 65.6 cm³/mol. The first-order chi connectivity index (χ1) is 7.15. The molecule has 0 bridgehead atoms. The third kappa shape index (κ3) is 3.86. The summed E-state index contributed by atoms with van der Waals surface area (Å²) < 4.78 is 0. The zero-order valence-electron chi connectivity index (χ0n) is 8.07. The van der Waals surface area contributed by atoms with Crippen molar-refractivity contribution in [3.63, 3.8) is 0 Å². The predicted octanol–water partition coefficient (Wildman–Crippen LogP) is -0.199. The highest BCUT2D eigenvalue weighted by Crippen LogP contribution is 2.19. The highest BCUT2D eigenvalue weighted by Gasteiger charge is 2.25. The Morgan fingerprint density at radius 1 is 1.93 bits per heavy atom. The molecule has 2 atom stereocenters. The van der Waals surface area contributed by atoms with Crippen molar-refractivity contribution < 1.29 is 9.90 Å². The average Bonchev–Trinajstić information content (AvgIpc) is 2.62. The molecule has 0 radical (unpaired) electrons. The molecule has 0 fully saturated rings. The third-order valence-electron chi connectivity index (χ3n) is 1.92. The average molecular weight is 247 g/mol. The van der Waals surface area contributed by atoms with E-state index in [-0.39, 0.29) is 5.50 Å². The summed E-state index contributed by atoms with van der Waals surface area (Å²) >= 11 is 6.29. The molecular formula is C8H13N3O2S2. The fourth-order valence-corrected chi connectivity index (χ4v) is 2.24. The van der Waals surface area contributed by atoms with Gasteiger partial charge in [-0.2, -0.15) is 0 Å². The van der Waals surface area contributed by atoms with Crippen molar-refractivity contribution in [2.24, 2.45) is 10.7 Å². The SMILES string of the molecule is NC(CN1CC=NC1SCC=S)C(=O)O. The van der Waals surface area contributed by atoms with Gasteiger partial charge >= 0.3 is 5.97 Å². The molecule has 0 aromatic carbocycles. The van der Waals surface area contributed by atoms with Gasteiger partial charge < -0.3 is 10.8 Å². The lowest BCUT2D eigenvalue weighted by molar-refractivity contribution is -0.138. The van der Waals surface area contributed by atoms with Crippen LogP contribution in [0, 0.1) is 0 Å². The molecule has 84 valence electrons. The number of carboxylic acid groups (broad SMARTS) is 1. The minimum atomic E-state index is -0.986. The molecule has 2 unspecified atom stereocenters. The number of hydrogen-bond acceptors (Lipinski definition) is 6. The van der Waals surface area contributed by atoms with Gasteiger partial charge in [0.2, 0.25) is 0 Å². The van der Waals surface area contributed by atoms with Gasteiger partial charge in [-0.05, 0) is 5.37 Å². The van der Waals surface area contributed by atoms with Crippen LogP contribution in [0.5, 0.6) is 0 Å². The summed E-state index contributed by atoms with van der Waals surface area (Å²) in [4.78, 5) is 16.7. The quantitative estimate of drug-likeness (QED) is 0.633. The second-order valence-corrected chi connectivity index (χ2v) is 4.48. The van der Waals surface area contributed by atoms with Crippen LogP contribution in [0.2, 0.25) is 0 Å². The summed E-state index contributed by atoms with van der Waals surface area (Å²) in [5.74, 6) is -0.267. The van der Waals surface area contributed by atoms with Gasteiger partial charge in [0.25, 0.3) is 0 Å². The normalized spacial score (nSPS) is 22.9. The minimum absolute atomic E-state index is 0.0467. The van der Waals surface area contributed by atoms with Crippen LogP contribution >= 0.6 is 24.0 Å². The molecule has 1 heterocycles. The molecule has 1 aliphatic heterocycles. The molecule has 0 saturated carbocycles. The zero-order valence-corrected chi connectivity index (χ0v) is 9.71. The molecule has 0 aromatic rings. The second kappa shape index (κ2) is 6.16. The lowest BCUT2D eigenvalue weighted by atomic mass is 10.3. The molecule has 3 N–H and O–H groups in total. The van der Waals surface area contributed by atoms with Crippen molar-refractivity contribution in [3.05, 3.63) is 0 Å². The Morgan fingerprint density at radius 3 is 3.27 bits per heavy atom. The second-order valence-electron chi connectivity index (χ2n) is 3.06. The van der Waals surface area contributed by atoms with Crippen LogP contribution < -0.4 is 5.73 Å². The van der Waals surface area contributed by atoms with Crippen molar-refractivity contribution in [2.45, 2.75) is 11.5 Å². The summed E-state index contributed by atoms with van der Waals surface area (Å²) in [5, 5.41) is 10.3. The summed E-state index contributed by atoms with van der Waals surface area (Å²) in [6, 6.07) is -0.859. The van der Waals surface area contributed by atoms with Crippen LogP contribution in [0.25, 0.3) is 0 Å². The van der Waals surface area contributed by atoms with E-state index in [1.54, 1.807) is 23.3 Å². The number of hydrogen-bond donors (Lipinski definition) is 2. The number of nitrogens with two attached hydrogens (primary N) is 1. The van der Waals surface area contributed by atoms with Crippen molar-refractivity contribution in [1.29, 1.82) is 0 Å². The van der Waals surface area contributed by atoms with Crippen LogP contribution in [-0.4, -0.2) is 57.9 Å². The Hall–Kier alpha value is -0.500. The fourth-order valence-electron chi connectivity index (χ4n) is 1.20. The Balaban J connectivity index is 2.41. The highest BCUT2D eigenvalue weighted by molar-refractivity contribution is 8.01. The summed E-state index contributed by atoms with van der Waals surface area (Å²) in [6.07, 6.45) is 1.77. The largest absolute Gasteiger partial charge is 0.480 e. The number of carbonyl (C=O) groups is 1. The fraction of sp³-hybridized carbons (Fsp3) is 0.625. The molecule has 1 aliphatic rings. The molecule has 0 aliphatic carbocycles. The number of carboxylic acids is 1. The number of nitrogens with zero attached hydrogens (tertiary/aromatic N) is 2. The number of thioether (sulfide) groups is 1. The monoisotopic (exact) mass is 247 g/mol. The van der Waals surface area contributed by atoms with E-state index < -0.39 is 12.0 Å². The van der Waals surface area contributed by atoms with Gasteiger partial charge in [0.15, 0.2) is 0 Å². The van der Waals surface area contributed by atoms with E-state index in [4.69, 9.17) is 23.1 Å². The van der Waals surface area contributed by atoms with E-state index in [9.17, 15) is 4.79 Å². The smallest absolute Gasteiger partial charge is 0.321 e. The maximum Gasteiger partial charge on any atom is 0.321 e. The zero-order chi connectivity index (χ0) is 11.3. The molecule has 0 spiro atoms. The molecule has 0 aromatic heterocycles. The van der Waals surface area contributed by atoms with Gasteiger partial charge in [0, 0.05) is 25.1 Å². The first kappa shape index (κ1) is 12.6. The third-order valence-corrected chi connectivity index (χ3v) is 3.38. The first-order valence-corrected chi connectivity index (χ1v) is 5.96. The molecule has 5 nitrogen and oxygen atoms in total. The van der Waals surface area contributed by atoms with Gasteiger partial charge in [0.1, 0.15) is 11.5 Å². The number of rotatable bonds is 6. The Morgan fingerprint density at radius 2 is 2.67 bits per heavy atom. The maximum absolute atomic E-state index is 10.6. The van der Waals surface area contributed by atoms with Crippen molar-refractivity contribution in [2.75, 3.05) is 18.8 Å². The van der Waals surface area contributed by atoms with E-state index in [0.29, 0.717) is 13.1 Å². The summed E-state index contributed by atoms with van der Waals surface area (Å²) in [6.45, 7) is 0.959. The summed E-state index contributed by atoms with van der Waals surface area (Å²) in [5.41, 5.74) is 5.41. The van der Waals surface area contributed by atoms with Crippen molar-refractivity contribution in [3.8, 4) is 0 Å². The molecule has 15 heavy (non-hydrogen) atoms. The Labute approximate surface area is 97.7 Å².